The molecule has 0 aliphatic rings. The Labute approximate surface area is 129 Å². The number of nitrogens with two attached hydrogens (primary N) is 1. The van der Waals surface area contributed by atoms with Crippen molar-refractivity contribution in [1.29, 1.82) is 5.26 Å². The maximum atomic E-state index is 9.03. The molecule has 104 valence electrons. The van der Waals surface area contributed by atoms with Gasteiger partial charge in [-0.25, -0.2) is 0 Å². The summed E-state index contributed by atoms with van der Waals surface area (Å²) in [5.74, 6) is 0.686. The van der Waals surface area contributed by atoms with Crippen molar-refractivity contribution in [3.63, 3.8) is 0 Å². The fourth-order valence-electron chi connectivity index (χ4n) is 1.78. The van der Waals surface area contributed by atoms with Crippen LogP contribution in [0, 0.1) is 11.3 Å². The zero-order valence-electron chi connectivity index (χ0n) is 11.3. The predicted octanol–water partition coefficient (Wildman–Crippen LogP) is 3.46. The van der Waals surface area contributed by atoms with Gasteiger partial charge >= 0.3 is 0 Å². The number of hydrogen-bond donors (Lipinski definition) is 1. The largest absolute Gasteiger partial charge is 0.488 e. The van der Waals surface area contributed by atoms with E-state index in [-0.39, 0.29) is 10.6 Å². The number of nitrogens with zero attached hydrogens (tertiary/aromatic N) is 1. The average Bonchev–Trinajstić information content (AvgIpc) is 2.52. The summed E-state index contributed by atoms with van der Waals surface area (Å²) in [5.41, 5.74) is 7.63. The van der Waals surface area contributed by atoms with E-state index in [0.29, 0.717) is 12.4 Å². The third kappa shape index (κ3) is 4.16. The first-order valence-corrected chi connectivity index (χ1v) is 6.79. The molecule has 2 aromatic carbocycles. The van der Waals surface area contributed by atoms with Gasteiger partial charge in [-0.3, -0.25) is 0 Å². The smallest absolute Gasteiger partial charge is 0.127 e. The van der Waals surface area contributed by atoms with E-state index in [4.69, 9.17) is 28.0 Å². The topological polar surface area (TPSA) is 59.0 Å². The lowest BCUT2D eigenvalue weighted by Gasteiger charge is -2.09. The number of nitriles is 1. The first kappa shape index (κ1) is 14.8. The highest BCUT2D eigenvalue weighted by atomic mass is 32.1. The maximum Gasteiger partial charge on any atom is 0.127 e. The molecule has 0 saturated carbocycles. The van der Waals surface area contributed by atoms with Gasteiger partial charge in [0, 0.05) is 5.56 Å². The lowest BCUT2D eigenvalue weighted by atomic mass is 10.1. The maximum absolute atomic E-state index is 9.03. The standard InChI is InChI=1S/C17H14N2OS/c18-11-15(17(19)21)10-14-8-4-5-9-16(14)20-12-13-6-2-1-3-7-13/h1-10H,12H2,(H2,19,21)/b15-10+. The Kier molecular flexibility index (Phi) is 5.08. The Bertz CT molecular complexity index is 702. The summed E-state index contributed by atoms with van der Waals surface area (Å²) in [4.78, 5) is 0.0790. The molecule has 0 aromatic heterocycles. The predicted molar refractivity (Wildman–Crippen MR) is 87.6 cm³/mol. The van der Waals surface area contributed by atoms with Crippen molar-refractivity contribution in [2.45, 2.75) is 6.61 Å². The van der Waals surface area contributed by atoms with Gasteiger partial charge in [0.05, 0.1) is 5.57 Å². The molecular formula is C17H14N2OS. The number of rotatable bonds is 5. The molecule has 0 saturated heterocycles. The van der Waals surface area contributed by atoms with Gasteiger partial charge in [0.25, 0.3) is 0 Å². The second kappa shape index (κ2) is 7.22. The van der Waals surface area contributed by atoms with Crippen LogP contribution in [0.1, 0.15) is 11.1 Å². The van der Waals surface area contributed by atoms with Crippen molar-refractivity contribution in [3.05, 3.63) is 71.3 Å². The van der Waals surface area contributed by atoms with Gasteiger partial charge in [0.15, 0.2) is 0 Å². The molecule has 0 unspecified atom stereocenters. The molecule has 0 bridgehead atoms. The van der Waals surface area contributed by atoms with Gasteiger partial charge in [0.2, 0.25) is 0 Å². The van der Waals surface area contributed by atoms with Gasteiger partial charge < -0.3 is 10.5 Å². The Morgan fingerprint density at radius 1 is 1.14 bits per heavy atom. The van der Waals surface area contributed by atoms with Crippen LogP contribution in [-0.2, 0) is 6.61 Å². The second-order valence-electron chi connectivity index (χ2n) is 4.35. The van der Waals surface area contributed by atoms with Crippen LogP contribution < -0.4 is 10.5 Å². The monoisotopic (exact) mass is 294 g/mol. The quantitative estimate of drug-likeness (QED) is 0.521. The van der Waals surface area contributed by atoms with E-state index >= 15 is 0 Å². The van der Waals surface area contributed by atoms with Crippen molar-refractivity contribution in [3.8, 4) is 11.8 Å². The molecular weight excluding hydrogens is 280 g/mol. The molecule has 0 heterocycles. The number of benzene rings is 2. The van der Waals surface area contributed by atoms with Crippen molar-refractivity contribution in [1.82, 2.24) is 0 Å². The highest BCUT2D eigenvalue weighted by molar-refractivity contribution is 7.80. The third-order valence-electron chi connectivity index (χ3n) is 2.84. The third-order valence-corrected chi connectivity index (χ3v) is 3.06. The molecule has 4 heteroatoms. The lowest BCUT2D eigenvalue weighted by Crippen LogP contribution is -2.09. The molecule has 0 aliphatic heterocycles. The zero-order valence-corrected chi connectivity index (χ0v) is 12.1. The highest BCUT2D eigenvalue weighted by Crippen LogP contribution is 2.22. The molecule has 2 N–H and O–H groups in total. The molecule has 3 nitrogen and oxygen atoms in total. The summed E-state index contributed by atoms with van der Waals surface area (Å²) >= 11 is 4.85. The molecule has 2 rings (SSSR count). The Morgan fingerprint density at radius 3 is 2.48 bits per heavy atom. The van der Waals surface area contributed by atoms with Crippen LogP contribution >= 0.6 is 12.2 Å². The molecule has 2 aromatic rings. The molecule has 0 radical (unpaired) electrons. The van der Waals surface area contributed by atoms with Crippen LogP contribution in [0.2, 0.25) is 0 Å². The van der Waals surface area contributed by atoms with E-state index in [9.17, 15) is 0 Å². The van der Waals surface area contributed by atoms with Crippen molar-refractivity contribution >= 4 is 23.3 Å². The van der Waals surface area contributed by atoms with Gasteiger partial charge in [-0.05, 0) is 17.7 Å². The first-order chi connectivity index (χ1) is 10.2. The van der Waals surface area contributed by atoms with Crippen molar-refractivity contribution in [2.24, 2.45) is 5.73 Å². The first-order valence-electron chi connectivity index (χ1n) is 6.38. The van der Waals surface area contributed by atoms with Crippen LogP contribution in [0.15, 0.2) is 60.2 Å². The minimum absolute atomic E-state index is 0.0790. The van der Waals surface area contributed by atoms with E-state index < -0.39 is 0 Å². The van der Waals surface area contributed by atoms with Crippen LogP contribution in [0.4, 0.5) is 0 Å². The zero-order chi connectivity index (χ0) is 15.1. The number of para-hydroxylation sites is 1. The molecule has 21 heavy (non-hydrogen) atoms. The summed E-state index contributed by atoms with van der Waals surface area (Å²) in [7, 11) is 0. The van der Waals surface area contributed by atoms with E-state index in [1.54, 1.807) is 6.08 Å². The Morgan fingerprint density at radius 2 is 1.81 bits per heavy atom. The molecule has 0 atom stereocenters. The van der Waals surface area contributed by atoms with Gasteiger partial charge in [0.1, 0.15) is 23.4 Å². The van der Waals surface area contributed by atoms with E-state index in [1.807, 2.05) is 60.7 Å². The van der Waals surface area contributed by atoms with Crippen LogP contribution in [0.3, 0.4) is 0 Å². The van der Waals surface area contributed by atoms with Gasteiger partial charge in [-0.15, -0.1) is 0 Å². The van der Waals surface area contributed by atoms with E-state index in [0.717, 1.165) is 11.1 Å². The van der Waals surface area contributed by atoms with Crippen LogP contribution in [-0.4, -0.2) is 4.99 Å². The van der Waals surface area contributed by atoms with Gasteiger partial charge in [-0.2, -0.15) is 5.26 Å². The van der Waals surface area contributed by atoms with E-state index in [2.05, 4.69) is 0 Å². The Hall–Kier alpha value is -2.64. The highest BCUT2D eigenvalue weighted by Gasteiger charge is 2.05. The van der Waals surface area contributed by atoms with Gasteiger partial charge in [-0.1, -0.05) is 60.7 Å². The molecule has 0 spiro atoms. The van der Waals surface area contributed by atoms with Crippen molar-refractivity contribution < 1.29 is 4.74 Å². The average molecular weight is 294 g/mol. The summed E-state index contributed by atoms with van der Waals surface area (Å²) in [5, 5.41) is 9.03. The molecule has 0 fully saturated rings. The number of ether oxygens (including phenoxy) is 1. The minimum atomic E-state index is 0.0790. The second-order valence-corrected chi connectivity index (χ2v) is 4.79. The van der Waals surface area contributed by atoms with Crippen molar-refractivity contribution in [2.75, 3.05) is 0 Å². The lowest BCUT2D eigenvalue weighted by molar-refractivity contribution is 0.305. The molecule has 0 aliphatic carbocycles. The summed E-state index contributed by atoms with van der Waals surface area (Å²) in [6.45, 7) is 0.459. The SMILES string of the molecule is N#C/C(=C\c1ccccc1OCc1ccccc1)C(N)=S. The van der Waals surface area contributed by atoms with E-state index in [1.165, 1.54) is 0 Å². The normalized spacial score (nSPS) is 10.7. The molecule has 0 amide bonds. The number of hydrogen-bond acceptors (Lipinski definition) is 3. The van der Waals surface area contributed by atoms with Crippen LogP contribution in [0.5, 0.6) is 5.75 Å². The van der Waals surface area contributed by atoms with Crippen LogP contribution in [0.25, 0.3) is 6.08 Å². The summed E-state index contributed by atoms with van der Waals surface area (Å²) in [6, 6.07) is 19.3. The fraction of sp³-hybridized carbons (Fsp3) is 0.0588. The minimum Gasteiger partial charge on any atom is -0.488 e. The Balaban J connectivity index is 2.22. The fourth-order valence-corrected chi connectivity index (χ4v) is 1.89. The number of thiocarbonyl (C=S) groups is 1. The summed E-state index contributed by atoms with van der Waals surface area (Å²) in [6.07, 6.45) is 1.64. The summed E-state index contributed by atoms with van der Waals surface area (Å²) < 4.78 is 5.81.